The molecule has 0 saturated heterocycles. The first-order valence-electron chi connectivity index (χ1n) is 5.16. The first kappa shape index (κ1) is 12.4. The molecule has 0 spiro atoms. The molecule has 0 aliphatic carbocycles. The molecule has 6 nitrogen and oxygen atoms in total. The zero-order chi connectivity index (χ0) is 12.0. The molecule has 16 heavy (non-hydrogen) atoms. The first-order valence-corrected chi connectivity index (χ1v) is 5.16. The van der Waals surface area contributed by atoms with Crippen LogP contribution in [0.1, 0.15) is 13.3 Å². The Morgan fingerprint density at radius 2 is 2.31 bits per heavy atom. The Morgan fingerprint density at radius 3 is 2.88 bits per heavy atom. The summed E-state index contributed by atoms with van der Waals surface area (Å²) in [5, 5.41) is 19.7. The van der Waals surface area contributed by atoms with E-state index in [2.05, 4.69) is 4.98 Å². The monoisotopic (exact) mass is 225 g/mol. The molecule has 1 rings (SSSR count). The van der Waals surface area contributed by atoms with Gasteiger partial charge in [0.15, 0.2) is 0 Å². The molecule has 1 heterocycles. The van der Waals surface area contributed by atoms with Gasteiger partial charge in [0.25, 0.3) is 0 Å². The maximum atomic E-state index is 10.8. The van der Waals surface area contributed by atoms with E-state index in [1.165, 1.54) is 18.3 Å². The van der Waals surface area contributed by atoms with Gasteiger partial charge in [0.1, 0.15) is 0 Å². The van der Waals surface area contributed by atoms with Crippen LogP contribution in [-0.2, 0) is 0 Å². The molecule has 0 aliphatic rings. The van der Waals surface area contributed by atoms with E-state index in [0.29, 0.717) is 18.9 Å². The van der Waals surface area contributed by atoms with Crippen molar-refractivity contribution in [2.75, 3.05) is 24.6 Å². The third kappa shape index (κ3) is 2.90. The number of nitro groups is 1. The van der Waals surface area contributed by atoms with Gasteiger partial charge in [-0.05, 0) is 12.5 Å². The average Bonchev–Trinajstić information content (AvgIpc) is 2.29. The lowest BCUT2D eigenvalue weighted by Crippen LogP contribution is -2.28. The Hall–Kier alpha value is -1.69. The number of anilines is 1. The second kappa shape index (κ2) is 6.02. The minimum Gasteiger partial charge on any atom is -0.395 e. The van der Waals surface area contributed by atoms with Crippen LogP contribution in [0.3, 0.4) is 0 Å². The zero-order valence-electron chi connectivity index (χ0n) is 9.17. The minimum atomic E-state index is -0.456. The third-order valence-corrected chi connectivity index (χ3v) is 2.13. The van der Waals surface area contributed by atoms with Gasteiger partial charge in [-0.3, -0.25) is 10.1 Å². The fourth-order valence-corrected chi connectivity index (χ4v) is 1.49. The Kier molecular flexibility index (Phi) is 4.65. The number of hydrogen-bond acceptors (Lipinski definition) is 5. The molecule has 1 N–H and O–H groups in total. The van der Waals surface area contributed by atoms with Crippen LogP contribution < -0.4 is 4.90 Å². The fraction of sp³-hybridized carbons (Fsp3) is 0.500. The number of hydrogen-bond donors (Lipinski definition) is 1. The van der Waals surface area contributed by atoms with Crippen molar-refractivity contribution >= 4 is 11.5 Å². The summed E-state index contributed by atoms with van der Waals surface area (Å²) in [7, 11) is 0. The van der Waals surface area contributed by atoms with E-state index in [4.69, 9.17) is 5.11 Å². The fourth-order valence-electron chi connectivity index (χ4n) is 1.49. The van der Waals surface area contributed by atoms with Gasteiger partial charge in [0.2, 0.25) is 5.82 Å². The highest BCUT2D eigenvalue weighted by Crippen LogP contribution is 2.24. The molecule has 0 unspecified atom stereocenters. The Balaban J connectivity index is 3.02. The van der Waals surface area contributed by atoms with Crippen molar-refractivity contribution in [3.63, 3.8) is 0 Å². The molecule has 0 radical (unpaired) electrons. The molecule has 0 bridgehead atoms. The van der Waals surface area contributed by atoms with Crippen molar-refractivity contribution in [2.24, 2.45) is 0 Å². The molecule has 1 aromatic rings. The lowest BCUT2D eigenvalue weighted by Gasteiger charge is -2.21. The third-order valence-electron chi connectivity index (χ3n) is 2.13. The molecule has 0 aliphatic heterocycles. The van der Waals surface area contributed by atoms with Gasteiger partial charge in [-0.2, -0.15) is 0 Å². The molecule has 88 valence electrons. The van der Waals surface area contributed by atoms with Gasteiger partial charge in [-0.1, -0.05) is 6.92 Å². The van der Waals surface area contributed by atoms with Crippen LogP contribution in [0.5, 0.6) is 0 Å². The number of aliphatic hydroxyl groups is 1. The van der Waals surface area contributed by atoms with Gasteiger partial charge in [-0.15, -0.1) is 0 Å². The van der Waals surface area contributed by atoms with Crippen LogP contribution >= 0.6 is 0 Å². The van der Waals surface area contributed by atoms with Crippen molar-refractivity contribution < 1.29 is 10.0 Å². The molecule has 1 aromatic heterocycles. The van der Waals surface area contributed by atoms with Crippen molar-refractivity contribution in [2.45, 2.75) is 13.3 Å². The summed E-state index contributed by atoms with van der Waals surface area (Å²) < 4.78 is 0. The van der Waals surface area contributed by atoms with Crippen LogP contribution in [0, 0.1) is 10.1 Å². The first-order chi connectivity index (χ1) is 7.70. The molecule has 0 amide bonds. The van der Waals surface area contributed by atoms with Gasteiger partial charge in [0, 0.05) is 25.4 Å². The van der Waals surface area contributed by atoms with E-state index < -0.39 is 4.92 Å². The van der Waals surface area contributed by atoms with E-state index in [1.54, 1.807) is 4.90 Å². The smallest absolute Gasteiger partial charge is 0.311 e. The van der Waals surface area contributed by atoms with Crippen LogP contribution in [-0.4, -0.2) is 34.7 Å². The Bertz CT molecular complexity index is 351. The SMILES string of the molecule is CCCN(CCO)c1ncccc1[N+](=O)[O-]. The predicted octanol–water partition coefficient (Wildman–Crippen LogP) is 1.20. The predicted molar refractivity (Wildman–Crippen MR) is 60.5 cm³/mol. The van der Waals surface area contributed by atoms with Gasteiger partial charge < -0.3 is 10.0 Å². The highest BCUT2D eigenvalue weighted by molar-refractivity contribution is 5.57. The van der Waals surface area contributed by atoms with Gasteiger partial charge >= 0.3 is 5.69 Å². The van der Waals surface area contributed by atoms with Crippen LogP contribution in [0.25, 0.3) is 0 Å². The number of rotatable bonds is 6. The van der Waals surface area contributed by atoms with Crippen LogP contribution in [0.2, 0.25) is 0 Å². The Morgan fingerprint density at radius 1 is 1.56 bits per heavy atom. The molecular weight excluding hydrogens is 210 g/mol. The highest BCUT2D eigenvalue weighted by atomic mass is 16.6. The molecule has 0 fully saturated rings. The second-order valence-electron chi connectivity index (χ2n) is 3.31. The van der Waals surface area contributed by atoms with E-state index in [0.717, 1.165) is 6.42 Å². The van der Waals surface area contributed by atoms with E-state index >= 15 is 0 Å². The van der Waals surface area contributed by atoms with Gasteiger partial charge in [-0.25, -0.2) is 4.98 Å². The average molecular weight is 225 g/mol. The standard InChI is InChI=1S/C10H15N3O3/c1-2-6-12(7-8-14)10-9(13(15)16)4-3-5-11-10/h3-5,14H,2,6-8H2,1H3. The summed E-state index contributed by atoms with van der Waals surface area (Å²) in [6.07, 6.45) is 2.36. The zero-order valence-corrected chi connectivity index (χ0v) is 9.17. The van der Waals surface area contributed by atoms with Crippen molar-refractivity contribution in [3.8, 4) is 0 Å². The molecule has 0 aromatic carbocycles. The molecule has 0 saturated carbocycles. The van der Waals surface area contributed by atoms with E-state index in [-0.39, 0.29) is 12.3 Å². The summed E-state index contributed by atoms with van der Waals surface area (Å²) in [5.74, 6) is 0.323. The lowest BCUT2D eigenvalue weighted by atomic mass is 10.3. The number of aliphatic hydroxyl groups excluding tert-OH is 1. The summed E-state index contributed by atoms with van der Waals surface area (Å²) in [4.78, 5) is 16.1. The highest BCUT2D eigenvalue weighted by Gasteiger charge is 2.19. The van der Waals surface area contributed by atoms with Crippen molar-refractivity contribution in [3.05, 3.63) is 28.4 Å². The summed E-state index contributed by atoms with van der Waals surface area (Å²) in [6, 6.07) is 2.95. The Labute approximate surface area is 93.7 Å². The van der Waals surface area contributed by atoms with Crippen molar-refractivity contribution in [1.82, 2.24) is 4.98 Å². The number of pyridine rings is 1. The lowest BCUT2D eigenvalue weighted by molar-refractivity contribution is -0.384. The summed E-state index contributed by atoms with van der Waals surface area (Å²) in [5.41, 5.74) is -0.0237. The summed E-state index contributed by atoms with van der Waals surface area (Å²) >= 11 is 0. The molecular formula is C10H15N3O3. The van der Waals surface area contributed by atoms with Crippen LogP contribution in [0.15, 0.2) is 18.3 Å². The second-order valence-corrected chi connectivity index (χ2v) is 3.31. The van der Waals surface area contributed by atoms with E-state index in [9.17, 15) is 10.1 Å². The molecule has 6 heteroatoms. The van der Waals surface area contributed by atoms with Gasteiger partial charge in [0.05, 0.1) is 11.5 Å². The maximum Gasteiger partial charge on any atom is 0.311 e. The summed E-state index contributed by atoms with van der Waals surface area (Å²) in [6.45, 7) is 2.91. The van der Waals surface area contributed by atoms with E-state index in [1.807, 2.05) is 6.92 Å². The largest absolute Gasteiger partial charge is 0.395 e. The maximum absolute atomic E-state index is 10.8. The topological polar surface area (TPSA) is 79.5 Å². The van der Waals surface area contributed by atoms with Crippen LogP contribution in [0.4, 0.5) is 11.5 Å². The number of nitrogens with zero attached hydrogens (tertiary/aromatic N) is 3. The van der Waals surface area contributed by atoms with Crippen molar-refractivity contribution in [1.29, 1.82) is 0 Å². The quantitative estimate of drug-likeness (QED) is 0.581. The normalized spacial score (nSPS) is 10.1. The molecule has 0 atom stereocenters. The minimum absolute atomic E-state index is 0.0237. The number of aromatic nitrogens is 1.